The number of benzene rings is 12. The summed E-state index contributed by atoms with van der Waals surface area (Å²) in [5.41, 5.74) is 12.8. The molecule has 0 spiro atoms. The second-order valence-electron chi connectivity index (χ2n) is 16.5. The third-order valence-corrected chi connectivity index (χ3v) is 12.8. The van der Waals surface area contributed by atoms with Gasteiger partial charge in [0.2, 0.25) is 0 Å². The lowest BCUT2D eigenvalue weighted by Gasteiger charge is -2.29. The highest BCUT2D eigenvalue weighted by Crippen LogP contribution is 2.45. The average molecular weight is 800 g/mol. The quantitative estimate of drug-likeness (QED) is 0.145. The van der Waals surface area contributed by atoms with Gasteiger partial charge in [-0.15, -0.1) is 0 Å². The van der Waals surface area contributed by atoms with Crippen molar-refractivity contribution in [1.29, 1.82) is 0 Å². The Morgan fingerprint density at radius 1 is 0.206 bits per heavy atom. The molecule has 0 saturated carbocycles. The molecule has 0 radical (unpaired) electrons. The molecule has 0 aliphatic heterocycles. The molecule has 0 aliphatic carbocycles. The van der Waals surface area contributed by atoms with Crippen LogP contribution in [-0.4, -0.2) is 0 Å². The molecule has 0 aromatic heterocycles. The van der Waals surface area contributed by atoms with Crippen LogP contribution < -0.4 is 4.90 Å². The molecule has 0 N–H and O–H groups in total. The Morgan fingerprint density at radius 2 is 0.683 bits per heavy atom. The number of fused-ring (bicyclic) bond motifs is 6. The van der Waals surface area contributed by atoms with Gasteiger partial charge in [-0.25, -0.2) is 0 Å². The molecule has 12 aromatic carbocycles. The van der Waals surface area contributed by atoms with Crippen LogP contribution in [0.5, 0.6) is 0 Å². The number of hydrogen-bond donors (Lipinski definition) is 0. The Bertz CT molecular complexity index is 3680. The van der Waals surface area contributed by atoms with Gasteiger partial charge in [0.05, 0.1) is 5.69 Å². The van der Waals surface area contributed by atoms with E-state index in [1.807, 2.05) is 0 Å². The number of anilines is 3. The molecule has 1 heteroatoms. The van der Waals surface area contributed by atoms with Gasteiger partial charge < -0.3 is 4.90 Å². The molecule has 1 nitrogen and oxygen atoms in total. The first-order chi connectivity index (χ1) is 31.2. The van der Waals surface area contributed by atoms with Crippen LogP contribution in [0.1, 0.15) is 0 Å². The largest absolute Gasteiger partial charge is 0.310 e. The lowest BCUT2D eigenvalue weighted by molar-refractivity contribution is 1.28. The summed E-state index contributed by atoms with van der Waals surface area (Å²) in [6, 6.07) is 91.4. The van der Waals surface area contributed by atoms with Crippen molar-refractivity contribution in [3.05, 3.63) is 249 Å². The molecule has 12 aromatic rings. The second-order valence-corrected chi connectivity index (χ2v) is 16.5. The zero-order chi connectivity index (χ0) is 41.7. The van der Waals surface area contributed by atoms with Gasteiger partial charge in [-0.2, -0.15) is 0 Å². The Morgan fingerprint density at radius 3 is 1.41 bits per heavy atom. The Balaban J connectivity index is 1.09. The SMILES string of the molecule is c1cc(-c2cccc3ccccc23)cc(N(c2ccc(-c3cccc4ccccc34)cc2)c2ccc(-c3ccc4ccccc4c3)cc2-c2ccc3ccc4ccccc4c3c2)c1. The van der Waals surface area contributed by atoms with Gasteiger partial charge in [0.1, 0.15) is 0 Å². The molecule has 0 atom stereocenters. The summed E-state index contributed by atoms with van der Waals surface area (Å²) < 4.78 is 0. The van der Waals surface area contributed by atoms with Crippen LogP contribution in [0, 0.1) is 0 Å². The molecule has 0 saturated heterocycles. The third kappa shape index (κ3) is 6.59. The highest BCUT2D eigenvalue weighted by molar-refractivity contribution is 6.09. The molecule has 12 rings (SSSR count). The van der Waals surface area contributed by atoms with E-state index in [4.69, 9.17) is 0 Å². The highest BCUT2D eigenvalue weighted by atomic mass is 15.1. The van der Waals surface area contributed by atoms with Gasteiger partial charge in [0, 0.05) is 16.9 Å². The summed E-state index contributed by atoms with van der Waals surface area (Å²) in [6.45, 7) is 0. The van der Waals surface area contributed by atoms with Crippen molar-refractivity contribution in [2.24, 2.45) is 0 Å². The van der Waals surface area contributed by atoms with Crippen molar-refractivity contribution in [3.63, 3.8) is 0 Å². The summed E-state index contributed by atoms with van der Waals surface area (Å²) in [5, 5.41) is 12.4. The summed E-state index contributed by atoms with van der Waals surface area (Å²) in [4.78, 5) is 2.45. The van der Waals surface area contributed by atoms with Crippen molar-refractivity contribution in [3.8, 4) is 44.5 Å². The van der Waals surface area contributed by atoms with E-state index in [0.29, 0.717) is 0 Å². The normalized spacial score (nSPS) is 11.5. The van der Waals surface area contributed by atoms with Gasteiger partial charge in [-0.1, -0.05) is 200 Å². The van der Waals surface area contributed by atoms with E-state index in [1.165, 1.54) is 92.8 Å². The van der Waals surface area contributed by atoms with Gasteiger partial charge in [0.25, 0.3) is 0 Å². The lowest BCUT2D eigenvalue weighted by Crippen LogP contribution is -2.11. The fraction of sp³-hybridized carbons (Fsp3) is 0. The van der Waals surface area contributed by atoms with Gasteiger partial charge >= 0.3 is 0 Å². The van der Waals surface area contributed by atoms with Crippen molar-refractivity contribution in [2.75, 3.05) is 4.90 Å². The molecule has 0 amide bonds. The van der Waals surface area contributed by atoms with E-state index in [0.717, 1.165) is 22.6 Å². The molecule has 63 heavy (non-hydrogen) atoms. The van der Waals surface area contributed by atoms with E-state index in [1.54, 1.807) is 0 Å². The predicted molar refractivity (Wildman–Crippen MR) is 270 cm³/mol. The fourth-order valence-corrected chi connectivity index (χ4v) is 9.66. The van der Waals surface area contributed by atoms with Crippen LogP contribution in [0.3, 0.4) is 0 Å². The van der Waals surface area contributed by atoms with E-state index >= 15 is 0 Å². The fourth-order valence-electron chi connectivity index (χ4n) is 9.66. The van der Waals surface area contributed by atoms with Gasteiger partial charge in [0.15, 0.2) is 0 Å². The standard InChI is InChI=1S/C62H41N/c1-2-16-48-38-49(30-26-42(48)12-1)50-34-37-62(61(40-50)52-31-29-47-28-27-45-15-5-8-23-58(45)60(47)41-52)63(53-35-32-46(33-36-53)57-24-10-17-43-13-3-6-21-55(43)57)54-20-9-19-51(39-54)59-25-11-18-44-14-4-7-22-56(44)59/h1-41H. The first-order valence-corrected chi connectivity index (χ1v) is 21.7. The van der Waals surface area contributed by atoms with Crippen molar-refractivity contribution in [1.82, 2.24) is 0 Å². The molecular weight excluding hydrogens is 759 g/mol. The molecule has 0 fully saturated rings. The summed E-state index contributed by atoms with van der Waals surface area (Å²) in [5.74, 6) is 0. The molecular formula is C62H41N. The maximum atomic E-state index is 2.45. The maximum Gasteiger partial charge on any atom is 0.0540 e. The second kappa shape index (κ2) is 15.3. The number of hydrogen-bond acceptors (Lipinski definition) is 1. The Hall–Kier alpha value is -8.26. The van der Waals surface area contributed by atoms with Crippen LogP contribution in [0.25, 0.3) is 98.4 Å². The Kier molecular flexibility index (Phi) is 8.90. The average Bonchev–Trinajstić information content (AvgIpc) is 3.36. The van der Waals surface area contributed by atoms with Crippen molar-refractivity contribution < 1.29 is 0 Å². The Labute approximate surface area is 367 Å². The first-order valence-electron chi connectivity index (χ1n) is 21.7. The predicted octanol–water partition coefficient (Wildman–Crippen LogP) is 17.6. The lowest BCUT2D eigenvalue weighted by atomic mass is 9.92. The van der Waals surface area contributed by atoms with Crippen molar-refractivity contribution in [2.45, 2.75) is 0 Å². The first kappa shape index (κ1) is 36.6. The summed E-state index contributed by atoms with van der Waals surface area (Å²) in [7, 11) is 0. The minimum Gasteiger partial charge on any atom is -0.310 e. The highest BCUT2D eigenvalue weighted by Gasteiger charge is 2.20. The summed E-state index contributed by atoms with van der Waals surface area (Å²) in [6.07, 6.45) is 0. The molecule has 294 valence electrons. The summed E-state index contributed by atoms with van der Waals surface area (Å²) >= 11 is 0. The third-order valence-electron chi connectivity index (χ3n) is 12.8. The van der Waals surface area contributed by atoms with E-state index in [9.17, 15) is 0 Å². The van der Waals surface area contributed by atoms with Crippen LogP contribution in [0.15, 0.2) is 249 Å². The van der Waals surface area contributed by atoms with Crippen LogP contribution in [-0.2, 0) is 0 Å². The monoisotopic (exact) mass is 799 g/mol. The van der Waals surface area contributed by atoms with E-state index < -0.39 is 0 Å². The van der Waals surface area contributed by atoms with Gasteiger partial charge in [-0.05, 0) is 141 Å². The van der Waals surface area contributed by atoms with Crippen LogP contribution >= 0.6 is 0 Å². The van der Waals surface area contributed by atoms with E-state index in [-0.39, 0.29) is 0 Å². The minimum atomic E-state index is 1.08. The smallest absolute Gasteiger partial charge is 0.0540 e. The zero-order valence-corrected chi connectivity index (χ0v) is 34.6. The molecule has 0 bridgehead atoms. The van der Waals surface area contributed by atoms with E-state index in [2.05, 4.69) is 254 Å². The van der Waals surface area contributed by atoms with Crippen molar-refractivity contribution >= 4 is 70.9 Å². The molecule has 0 heterocycles. The molecule has 0 aliphatic rings. The maximum absolute atomic E-state index is 2.45. The topological polar surface area (TPSA) is 3.24 Å². The zero-order valence-electron chi connectivity index (χ0n) is 34.6. The minimum absolute atomic E-state index is 1.08. The molecule has 0 unspecified atom stereocenters. The number of nitrogens with zero attached hydrogens (tertiary/aromatic N) is 1. The number of rotatable bonds is 7. The van der Waals surface area contributed by atoms with Gasteiger partial charge in [-0.3, -0.25) is 0 Å². The van der Waals surface area contributed by atoms with Crippen LogP contribution in [0.2, 0.25) is 0 Å². The van der Waals surface area contributed by atoms with Crippen LogP contribution in [0.4, 0.5) is 17.1 Å².